The smallest absolute Gasteiger partial charge is 0.263 e. The number of benzene rings is 1. The number of aryl methyl sites for hydroxylation is 1. The average molecular weight is 330 g/mol. The number of nitrogens with zero attached hydrogens (tertiary/aromatic N) is 1. The highest BCUT2D eigenvalue weighted by Gasteiger charge is 2.24. The minimum absolute atomic E-state index is 0.000799. The van der Waals surface area contributed by atoms with Gasteiger partial charge in [0.05, 0.1) is 15.6 Å². The number of hydrogen-bond donors (Lipinski definition) is 2. The fourth-order valence-corrected chi connectivity index (χ4v) is 3.72. The Morgan fingerprint density at radius 3 is 2.67 bits per heavy atom. The predicted molar refractivity (Wildman–Crippen MR) is 80.3 cm³/mol. The predicted octanol–water partition coefficient (Wildman–Crippen LogP) is 2.87. The Bertz CT molecular complexity index is 809. The fraction of sp³-hybridized carbons (Fsp3) is 0.154. The summed E-state index contributed by atoms with van der Waals surface area (Å²) < 4.78 is 40.8. The van der Waals surface area contributed by atoms with E-state index in [-0.39, 0.29) is 32.6 Å². The lowest BCUT2D eigenvalue weighted by Crippen LogP contribution is -2.18. The second kappa shape index (κ2) is 5.50. The van der Waals surface area contributed by atoms with Crippen LogP contribution in [0, 0.1) is 19.7 Å². The first-order valence-corrected chi connectivity index (χ1v) is 7.78. The van der Waals surface area contributed by atoms with Crippen molar-refractivity contribution in [3.05, 3.63) is 46.4 Å². The Labute approximate surface area is 127 Å². The number of aromatic nitrogens is 1. The molecule has 1 aromatic heterocycles. The maximum Gasteiger partial charge on any atom is 0.263 e. The standard InChI is InChI=1S/C13H13ClFN3O2S/c1-7-6-10(15)11(16)8(2)12(7)21(19,20)18-13-9(14)4-3-5-17-13/h3-6H,16H2,1-2H3,(H,17,18). The van der Waals surface area contributed by atoms with Gasteiger partial charge in [0.2, 0.25) is 0 Å². The van der Waals surface area contributed by atoms with Crippen molar-refractivity contribution < 1.29 is 12.8 Å². The van der Waals surface area contributed by atoms with E-state index in [4.69, 9.17) is 17.3 Å². The molecule has 1 heterocycles. The first-order valence-electron chi connectivity index (χ1n) is 5.92. The number of hydrogen-bond acceptors (Lipinski definition) is 4. The first kappa shape index (κ1) is 15.5. The topological polar surface area (TPSA) is 85.1 Å². The molecule has 0 spiro atoms. The van der Waals surface area contributed by atoms with E-state index in [9.17, 15) is 12.8 Å². The van der Waals surface area contributed by atoms with Crippen molar-refractivity contribution in [3.63, 3.8) is 0 Å². The van der Waals surface area contributed by atoms with Gasteiger partial charge in [0.15, 0.2) is 5.82 Å². The van der Waals surface area contributed by atoms with Gasteiger partial charge in [-0.05, 0) is 43.2 Å². The number of nitrogens with two attached hydrogens (primary N) is 1. The highest BCUT2D eigenvalue weighted by molar-refractivity contribution is 7.92. The summed E-state index contributed by atoms with van der Waals surface area (Å²) in [6.45, 7) is 2.93. The number of nitrogen functional groups attached to an aromatic ring is 1. The SMILES string of the molecule is Cc1cc(F)c(N)c(C)c1S(=O)(=O)Nc1ncccc1Cl. The molecule has 3 N–H and O–H groups in total. The lowest BCUT2D eigenvalue weighted by molar-refractivity contribution is 0.598. The molecule has 2 aromatic rings. The van der Waals surface area contributed by atoms with Gasteiger partial charge in [-0.2, -0.15) is 0 Å². The summed E-state index contributed by atoms with van der Waals surface area (Å²) in [6, 6.07) is 4.16. The van der Waals surface area contributed by atoms with E-state index in [0.29, 0.717) is 0 Å². The van der Waals surface area contributed by atoms with Crippen LogP contribution in [0.3, 0.4) is 0 Å². The zero-order valence-electron chi connectivity index (χ0n) is 11.3. The van der Waals surface area contributed by atoms with Gasteiger partial charge in [-0.3, -0.25) is 4.72 Å². The Morgan fingerprint density at radius 1 is 1.38 bits per heavy atom. The normalized spacial score (nSPS) is 11.4. The summed E-state index contributed by atoms with van der Waals surface area (Å²) in [5.74, 6) is -0.652. The maximum atomic E-state index is 13.5. The van der Waals surface area contributed by atoms with Gasteiger partial charge in [0.1, 0.15) is 5.82 Å². The number of nitrogens with one attached hydrogen (secondary N) is 1. The Hall–Kier alpha value is -1.86. The lowest BCUT2D eigenvalue weighted by Gasteiger charge is -2.15. The van der Waals surface area contributed by atoms with Gasteiger partial charge in [0, 0.05) is 6.20 Å². The highest BCUT2D eigenvalue weighted by Crippen LogP contribution is 2.29. The van der Waals surface area contributed by atoms with Crippen molar-refractivity contribution in [2.45, 2.75) is 18.7 Å². The monoisotopic (exact) mass is 329 g/mol. The Kier molecular flexibility index (Phi) is 4.06. The van der Waals surface area contributed by atoms with Crippen molar-refractivity contribution in [2.75, 3.05) is 10.5 Å². The molecule has 8 heteroatoms. The minimum atomic E-state index is -3.98. The second-order valence-electron chi connectivity index (χ2n) is 4.48. The van der Waals surface area contributed by atoms with E-state index in [1.807, 2.05) is 0 Å². The average Bonchev–Trinajstić information content (AvgIpc) is 2.38. The summed E-state index contributed by atoms with van der Waals surface area (Å²) in [5.41, 5.74) is 5.76. The van der Waals surface area contributed by atoms with Crippen LogP contribution in [0.2, 0.25) is 5.02 Å². The zero-order valence-corrected chi connectivity index (χ0v) is 12.9. The molecule has 5 nitrogen and oxygen atoms in total. The Morgan fingerprint density at radius 2 is 2.05 bits per heavy atom. The quantitative estimate of drug-likeness (QED) is 0.848. The van der Waals surface area contributed by atoms with Crippen molar-refractivity contribution >= 4 is 33.1 Å². The van der Waals surface area contributed by atoms with Crippen molar-refractivity contribution in [3.8, 4) is 0 Å². The van der Waals surface area contributed by atoms with Crippen LogP contribution >= 0.6 is 11.6 Å². The third-order valence-electron chi connectivity index (χ3n) is 2.96. The van der Waals surface area contributed by atoms with Crippen molar-refractivity contribution in [1.82, 2.24) is 4.98 Å². The van der Waals surface area contributed by atoms with E-state index >= 15 is 0 Å². The molecule has 0 amide bonds. The summed E-state index contributed by atoms with van der Waals surface area (Å²) in [7, 11) is -3.98. The molecule has 0 saturated carbocycles. The molecular weight excluding hydrogens is 317 g/mol. The molecular formula is C13H13ClFN3O2S. The van der Waals surface area contributed by atoms with Crippen molar-refractivity contribution in [2.24, 2.45) is 0 Å². The molecule has 0 fully saturated rings. The lowest BCUT2D eigenvalue weighted by atomic mass is 10.1. The molecule has 1 aromatic carbocycles. The van der Waals surface area contributed by atoms with Crippen LogP contribution in [0.4, 0.5) is 15.9 Å². The second-order valence-corrected chi connectivity index (χ2v) is 6.51. The van der Waals surface area contributed by atoms with Gasteiger partial charge in [0.25, 0.3) is 10.0 Å². The van der Waals surface area contributed by atoms with Crippen LogP contribution in [0.25, 0.3) is 0 Å². The van der Waals surface area contributed by atoms with Crippen LogP contribution < -0.4 is 10.5 Å². The molecule has 0 atom stereocenters. The van der Waals surface area contributed by atoms with E-state index in [2.05, 4.69) is 9.71 Å². The molecule has 0 bridgehead atoms. The number of rotatable bonds is 3. The van der Waals surface area contributed by atoms with Crippen molar-refractivity contribution in [1.29, 1.82) is 0 Å². The van der Waals surface area contributed by atoms with E-state index in [0.717, 1.165) is 6.07 Å². The van der Waals surface area contributed by atoms with Gasteiger partial charge in [-0.15, -0.1) is 0 Å². The maximum absolute atomic E-state index is 13.5. The van der Waals surface area contributed by atoms with Gasteiger partial charge >= 0.3 is 0 Å². The summed E-state index contributed by atoms with van der Waals surface area (Å²) in [5, 5.41) is 0.159. The van der Waals surface area contributed by atoms with Gasteiger partial charge in [-0.1, -0.05) is 11.6 Å². The summed E-state index contributed by atoms with van der Waals surface area (Å²) in [4.78, 5) is 3.78. The molecule has 0 aliphatic carbocycles. The van der Waals surface area contributed by atoms with Crippen LogP contribution in [0.1, 0.15) is 11.1 Å². The Balaban J connectivity index is 2.56. The molecule has 112 valence electrons. The van der Waals surface area contributed by atoms with Gasteiger partial charge < -0.3 is 5.73 Å². The van der Waals surface area contributed by atoms with Gasteiger partial charge in [-0.25, -0.2) is 17.8 Å². The molecule has 2 rings (SSSR count). The van der Waals surface area contributed by atoms with Crippen LogP contribution in [0.5, 0.6) is 0 Å². The number of anilines is 2. The molecule has 0 aliphatic rings. The number of sulfonamides is 1. The largest absolute Gasteiger partial charge is 0.396 e. The molecule has 0 aliphatic heterocycles. The molecule has 21 heavy (non-hydrogen) atoms. The summed E-state index contributed by atoms with van der Waals surface area (Å²) >= 11 is 5.88. The third kappa shape index (κ3) is 2.93. The molecule has 0 radical (unpaired) electrons. The van der Waals surface area contributed by atoms with E-state index in [1.54, 1.807) is 6.07 Å². The molecule has 0 unspecified atom stereocenters. The molecule has 0 saturated heterocycles. The minimum Gasteiger partial charge on any atom is -0.396 e. The highest BCUT2D eigenvalue weighted by atomic mass is 35.5. The zero-order chi connectivity index (χ0) is 15.8. The summed E-state index contributed by atoms with van der Waals surface area (Å²) in [6.07, 6.45) is 1.41. The third-order valence-corrected chi connectivity index (χ3v) is 4.89. The van der Waals surface area contributed by atoms with Crippen LogP contribution in [-0.4, -0.2) is 13.4 Å². The number of halogens is 2. The first-order chi connectivity index (χ1) is 9.74. The van der Waals surface area contributed by atoms with Crippen LogP contribution in [0.15, 0.2) is 29.3 Å². The fourth-order valence-electron chi connectivity index (χ4n) is 1.98. The van der Waals surface area contributed by atoms with E-state index < -0.39 is 15.8 Å². The van der Waals surface area contributed by atoms with Crippen LogP contribution in [-0.2, 0) is 10.0 Å². The number of pyridine rings is 1. The van der Waals surface area contributed by atoms with E-state index in [1.165, 1.54) is 26.1 Å².